The minimum absolute atomic E-state index is 0.0563. The van der Waals surface area contributed by atoms with Gasteiger partial charge in [0.1, 0.15) is 13.2 Å². The fourth-order valence-electron chi connectivity index (χ4n) is 1.17. The standard InChI is InChI=1S/C8H7NO3/c10-7-1-2-9-4-8(11)12-5-6(9)3-7/h1-3H,4-5H2. The second kappa shape index (κ2) is 2.48. The molecular weight excluding hydrogens is 158 g/mol. The van der Waals surface area contributed by atoms with Gasteiger partial charge in [0, 0.05) is 18.3 Å². The lowest BCUT2D eigenvalue weighted by Gasteiger charge is -2.17. The Kier molecular flexibility index (Phi) is 1.46. The molecule has 4 nitrogen and oxygen atoms in total. The monoisotopic (exact) mass is 165 g/mol. The third kappa shape index (κ3) is 1.11. The van der Waals surface area contributed by atoms with Gasteiger partial charge < -0.3 is 9.30 Å². The number of carbonyl (C=O) groups excluding carboxylic acids is 1. The number of rotatable bonds is 0. The third-order valence-electron chi connectivity index (χ3n) is 1.78. The minimum Gasteiger partial charge on any atom is -0.458 e. The molecule has 12 heavy (non-hydrogen) atoms. The molecule has 1 aromatic heterocycles. The Labute approximate surface area is 68.4 Å². The van der Waals surface area contributed by atoms with Crippen LogP contribution in [0.3, 0.4) is 0 Å². The van der Waals surface area contributed by atoms with Crippen molar-refractivity contribution in [3.8, 4) is 0 Å². The van der Waals surface area contributed by atoms with E-state index in [1.807, 2.05) is 0 Å². The lowest BCUT2D eigenvalue weighted by Crippen LogP contribution is -2.24. The van der Waals surface area contributed by atoms with Crippen molar-refractivity contribution in [3.63, 3.8) is 0 Å². The number of aromatic nitrogens is 1. The van der Waals surface area contributed by atoms with Gasteiger partial charge in [-0.15, -0.1) is 0 Å². The number of ether oxygens (including phenoxy) is 1. The molecule has 0 atom stereocenters. The molecule has 0 fully saturated rings. The summed E-state index contributed by atoms with van der Waals surface area (Å²) in [5.41, 5.74) is 0.696. The van der Waals surface area contributed by atoms with Crippen LogP contribution in [0.5, 0.6) is 0 Å². The van der Waals surface area contributed by atoms with Gasteiger partial charge in [0.25, 0.3) is 0 Å². The molecule has 1 aliphatic heterocycles. The number of esters is 1. The average molecular weight is 165 g/mol. The summed E-state index contributed by atoms with van der Waals surface area (Å²) in [6.07, 6.45) is 1.61. The molecule has 0 amide bonds. The van der Waals surface area contributed by atoms with E-state index >= 15 is 0 Å². The van der Waals surface area contributed by atoms with Crippen LogP contribution in [-0.4, -0.2) is 10.5 Å². The van der Waals surface area contributed by atoms with Crippen LogP contribution < -0.4 is 5.43 Å². The molecule has 2 rings (SSSR count). The van der Waals surface area contributed by atoms with Gasteiger partial charge in [0.05, 0.1) is 5.69 Å². The van der Waals surface area contributed by atoms with Crippen LogP contribution in [0.15, 0.2) is 23.1 Å². The smallest absolute Gasteiger partial charge is 0.326 e. The van der Waals surface area contributed by atoms with E-state index in [4.69, 9.17) is 4.74 Å². The van der Waals surface area contributed by atoms with Gasteiger partial charge in [0.2, 0.25) is 0 Å². The molecular formula is C8H7NO3. The van der Waals surface area contributed by atoms with Crippen LogP contribution in [-0.2, 0) is 22.7 Å². The van der Waals surface area contributed by atoms with E-state index in [0.29, 0.717) is 0 Å². The number of nitrogens with zero attached hydrogens (tertiary/aromatic N) is 1. The Morgan fingerprint density at radius 2 is 2.25 bits per heavy atom. The highest BCUT2D eigenvalue weighted by atomic mass is 16.5. The zero-order valence-electron chi connectivity index (χ0n) is 6.32. The summed E-state index contributed by atoms with van der Waals surface area (Å²) in [5.74, 6) is -0.258. The van der Waals surface area contributed by atoms with Crippen molar-refractivity contribution in [2.24, 2.45) is 0 Å². The number of pyridine rings is 1. The molecule has 0 saturated carbocycles. The minimum atomic E-state index is -0.258. The van der Waals surface area contributed by atoms with Gasteiger partial charge in [-0.2, -0.15) is 0 Å². The van der Waals surface area contributed by atoms with E-state index in [2.05, 4.69) is 0 Å². The lowest BCUT2D eigenvalue weighted by atomic mass is 10.3. The first kappa shape index (κ1) is 7.09. The van der Waals surface area contributed by atoms with Gasteiger partial charge >= 0.3 is 5.97 Å². The van der Waals surface area contributed by atoms with Crippen molar-refractivity contribution >= 4 is 5.97 Å². The topological polar surface area (TPSA) is 48.3 Å². The van der Waals surface area contributed by atoms with Crippen molar-refractivity contribution < 1.29 is 9.53 Å². The maximum atomic E-state index is 10.9. The highest BCUT2D eigenvalue weighted by Crippen LogP contribution is 2.06. The molecule has 4 heteroatoms. The van der Waals surface area contributed by atoms with E-state index in [9.17, 15) is 9.59 Å². The third-order valence-corrected chi connectivity index (χ3v) is 1.78. The van der Waals surface area contributed by atoms with Crippen molar-refractivity contribution in [3.05, 3.63) is 34.2 Å². The summed E-state index contributed by atoms with van der Waals surface area (Å²) >= 11 is 0. The molecule has 0 bridgehead atoms. The number of fused-ring (bicyclic) bond motifs is 1. The Hall–Kier alpha value is -1.58. The van der Waals surface area contributed by atoms with Gasteiger partial charge in [-0.3, -0.25) is 9.59 Å². The van der Waals surface area contributed by atoms with E-state index in [-0.39, 0.29) is 24.5 Å². The van der Waals surface area contributed by atoms with Crippen molar-refractivity contribution in [1.82, 2.24) is 4.57 Å². The van der Waals surface area contributed by atoms with Crippen LogP contribution in [0.2, 0.25) is 0 Å². The first-order valence-electron chi connectivity index (χ1n) is 3.61. The fourth-order valence-corrected chi connectivity index (χ4v) is 1.17. The van der Waals surface area contributed by atoms with Gasteiger partial charge in [0.15, 0.2) is 5.43 Å². The van der Waals surface area contributed by atoms with E-state index in [1.165, 1.54) is 12.1 Å². The fraction of sp³-hybridized carbons (Fsp3) is 0.250. The molecule has 0 spiro atoms. The Balaban J connectivity index is 2.49. The molecule has 0 radical (unpaired) electrons. The van der Waals surface area contributed by atoms with Crippen LogP contribution in [0.4, 0.5) is 0 Å². The highest BCUT2D eigenvalue weighted by Gasteiger charge is 2.13. The maximum absolute atomic E-state index is 10.9. The largest absolute Gasteiger partial charge is 0.458 e. The molecule has 0 aromatic carbocycles. The van der Waals surface area contributed by atoms with E-state index in [1.54, 1.807) is 10.8 Å². The molecule has 2 heterocycles. The zero-order chi connectivity index (χ0) is 8.55. The summed E-state index contributed by atoms with van der Waals surface area (Å²) in [6, 6.07) is 2.91. The van der Waals surface area contributed by atoms with Crippen molar-refractivity contribution in [2.45, 2.75) is 13.2 Å². The second-order valence-corrected chi connectivity index (χ2v) is 2.64. The van der Waals surface area contributed by atoms with Crippen LogP contribution in [0, 0.1) is 0 Å². The normalized spacial score (nSPS) is 15.2. The summed E-state index contributed by atoms with van der Waals surface area (Å²) in [6.45, 7) is 0.407. The molecule has 0 saturated heterocycles. The molecule has 1 aliphatic rings. The van der Waals surface area contributed by atoms with Crippen molar-refractivity contribution in [1.29, 1.82) is 0 Å². The van der Waals surface area contributed by atoms with Gasteiger partial charge in [-0.25, -0.2) is 0 Å². The SMILES string of the molecule is O=C1Cn2ccc(=O)cc2CO1. The van der Waals surface area contributed by atoms with Crippen molar-refractivity contribution in [2.75, 3.05) is 0 Å². The molecule has 0 N–H and O–H groups in total. The average Bonchev–Trinajstić information content (AvgIpc) is 2.05. The predicted octanol–water partition coefficient (Wildman–Crippen LogP) is -0.0949. The summed E-state index contributed by atoms with van der Waals surface area (Å²) in [4.78, 5) is 21.7. The quantitative estimate of drug-likeness (QED) is 0.504. The second-order valence-electron chi connectivity index (χ2n) is 2.64. The summed E-state index contributed by atoms with van der Waals surface area (Å²) < 4.78 is 6.48. The highest BCUT2D eigenvalue weighted by molar-refractivity contribution is 5.70. The van der Waals surface area contributed by atoms with Gasteiger partial charge in [-0.05, 0) is 0 Å². The number of hydrogen-bond acceptors (Lipinski definition) is 3. The first-order chi connectivity index (χ1) is 5.75. The lowest BCUT2D eigenvalue weighted by molar-refractivity contribution is -0.148. The summed E-state index contributed by atoms with van der Waals surface area (Å²) in [7, 11) is 0. The number of cyclic esters (lactones) is 1. The van der Waals surface area contributed by atoms with E-state index < -0.39 is 0 Å². The molecule has 1 aromatic rings. The van der Waals surface area contributed by atoms with Gasteiger partial charge in [-0.1, -0.05) is 0 Å². The zero-order valence-corrected chi connectivity index (χ0v) is 6.32. The number of hydrogen-bond donors (Lipinski definition) is 0. The predicted molar refractivity (Wildman–Crippen MR) is 40.5 cm³/mol. The summed E-state index contributed by atoms with van der Waals surface area (Å²) in [5, 5.41) is 0. The Morgan fingerprint density at radius 1 is 1.42 bits per heavy atom. The first-order valence-corrected chi connectivity index (χ1v) is 3.61. The maximum Gasteiger partial charge on any atom is 0.326 e. The Bertz CT molecular complexity index is 380. The molecule has 62 valence electrons. The van der Waals surface area contributed by atoms with Crippen LogP contribution in [0.1, 0.15) is 5.69 Å². The number of carbonyl (C=O) groups is 1. The molecule has 0 aliphatic carbocycles. The van der Waals surface area contributed by atoms with E-state index in [0.717, 1.165) is 5.69 Å². The molecule has 0 unspecified atom stereocenters. The van der Waals surface area contributed by atoms with Crippen LogP contribution in [0.25, 0.3) is 0 Å². The van der Waals surface area contributed by atoms with Crippen LogP contribution >= 0.6 is 0 Å². The Morgan fingerprint density at radius 3 is 3.08 bits per heavy atom.